The lowest BCUT2D eigenvalue weighted by Crippen LogP contribution is -2.32. The Morgan fingerprint density at radius 1 is 1.38 bits per heavy atom. The Kier molecular flexibility index (Phi) is 5.19. The van der Waals surface area contributed by atoms with Crippen LogP contribution in [0.4, 0.5) is 0 Å². The highest BCUT2D eigenvalue weighted by atomic mass is 79.9. The summed E-state index contributed by atoms with van der Waals surface area (Å²) in [7, 11) is 0. The number of carbonyl (C=O) groups is 1. The van der Waals surface area contributed by atoms with Crippen molar-refractivity contribution in [2.45, 2.75) is 25.8 Å². The number of nitrogens with one attached hydrogen (secondary N) is 1. The van der Waals surface area contributed by atoms with Crippen molar-refractivity contribution in [2.24, 2.45) is 0 Å². The van der Waals surface area contributed by atoms with Gasteiger partial charge in [0.15, 0.2) is 0 Å². The fourth-order valence-electron chi connectivity index (χ4n) is 2.08. The van der Waals surface area contributed by atoms with Crippen molar-refractivity contribution in [1.82, 2.24) is 5.32 Å². The first-order valence-corrected chi connectivity index (χ1v) is 8.34. The van der Waals surface area contributed by atoms with E-state index < -0.39 is 5.97 Å². The molecule has 0 spiro atoms. The van der Waals surface area contributed by atoms with Crippen molar-refractivity contribution in [1.29, 1.82) is 0 Å². The van der Waals surface area contributed by atoms with Gasteiger partial charge < -0.3 is 10.4 Å². The van der Waals surface area contributed by atoms with Crippen LogP contribution in [0.2, 0.25) is 0 Å². The number of carboxylic acids is 1. The smallest absolute Gasteiger partial charge is 0.335 e. The molecule has 2 N–H and O–H groups in total. The topological polar surface area (TPSA) is 49.3 Å². The molecule has 21 heavy (non-hydrogen) atoms. The van der Waals surface area contributed by atoms with Crippen molar-refractivity contribution in [3.05, 3.63) is 56.2 Å². The minimum atomic E-state index is -0.908. The number of hydrogen-bond donors (Lipinski definition) is 2. The van der Waals surface area contributed by atoms with Crippen LogP contribution in [0.5, 0.6) is 0 Å². The summed E-state index contributed by atoms with van der Waals surface area (Å²) in [6.07, 6.45) is 0. The number of aromatic carboxylic acids is 1. The Morgan fingerprint density at radius 3 is 2.71 bits per heavy atom. The zero-order chi connectivity index (χ0) is 15.5. The maximum absolute atomic E-state index is 10.9. The third kappa shape index (κ3) is 4.15. The lowest BCUT2D eigenvalue weighted by atomic mass is 9.91. The van der Waals surface area contributed by atoms with Gasteiger partial charge in [-0.2, -0.15) is 0 Å². The largest absolute Gasteiger partial charge is 0.478 e. The molecular weight excluding hydrogens is 350 g/mol. The normalized spacial score (nSPS) is 11.6. The minimum absolute atomic E-state index is 0.0850. The van der Waals surface area contributed by atoms with Crippen molar-refractivity contribution >= 4 is 33.2 Å². The van der Waals surface area contributed by atoms with Gasteiger partial charge >= 0.3 is 5.97 Å². The van der Waals surface area contributed by atoms with Gasteiger partial charge in [-0.25, -0.2) is 4.79 Å². The highest BCUT2D eigenvalue weighted by molar-refractivity contribution is 9.10. The van der Waals surface area contributed by atoms with Gasteiger partial charge in [0.1, 0.15) is 0 Å². The van der Waals surface area contributed by atoms with Crippen molar-refractivity contribution in [3.63, 3.8) is 0 Å². The number of hydrogen-bond acceptors (Lipinski definition) is 3. The molecule has 0 aliphatic heterocycles. The van der Waals surface area contributed by atoms with E-state index in [0.717, 1.165) is 16.6 Å². The van der Waals surface area contributed by atoms with E-state index in [9.17, 15) is 4.79 Å². The zero-order valence-corrected chi connectivity index (χ0v) is 14.4. The van der Waals surface area contributed by atoms with Gasteiger partial charge in [-0.1, -0.05) is 41.9 Å². The lowest BCUT2D eigenvalue weighted by molar-refractivity contribution is 0.0697. The number of thiophene rings is 1. The molecule has 3 nitrogen and oxygen atoms in total. The molecule has 0 atom stereocenters. The van der Waals surface area contributed by atoms with E-state index in [2.05, 4.69) is 52.6 Å². The molecule has 2 aromatic rings. The van der Waals surface area contributed by atoms with Crippen LogP contribution in [0.15, 0.2) is 40.2 Å². The van der Waals surface area contributed by atoms with E-state index in [-0.39, 0.29) is 5.41 Å². The second-order valence-corrected chi connectivity index (χ2v) is 7.38. The number of carboxylic acid groups (broad SMARTS) is 1. The second-order valence-electron chi connectivity index (χ2n) is 5.58. The Bertz CT molecular complexity index is 623. The van der Waals surface area contributed by atoms with E-state index >= 15 is 0 Å². The molecule has 0 radical (unpaired) electrons. The Balaban J connectivity index is 1.96. The van der Waals surface area contributed by atoms with E-state index in [0.29, 0.717) is 12.1 Å². The molecular formula is C16H18BrNO2S. The average Bonchev–Trinajstić information content (AvgIpc) is 2.95. The van der Waals surface area contributed by atoms with Crippen LogP contribution >= 0.6 is 27.3 Å². The highest BCUT2D eigenvalue weighted by Crippen LogP contribution is 2.27. The van der Waals surface area contributed by atoms with Gasteiger partial charge in [-0.05, 0) is 29.1 Å². The summed E-state index contributed by atoms with van der Waals surface area (Å²) in [5, 5.41) is 14.5. The van der Waals surface area contributed by atoms with E-state index in [1.54, 1.807) is 23.5 Å². The maximum atomic E-state index is 10.9. The van der Waals surface area contributed by atoms with Crippen LogP contribution in [-0.4, -0.2) is 17.6 Å². The van der Waals surface area contributed by atoms with Crippen molar-refractivity contribution in [2.75, 3.05) is 6.54 Å². The van der Waals surface area contributed by atoms with Crippen LogP contribution in [-0.2, 0) is 12.0 Å². The summed E-state index contributed by atoms with van der Waals surface area (Å²) < 4.78 is 0.823. The Hall–Kier alpha value is -1.17. The SMILES string of the molecule is CC(C)(CNCc1ccc(C(=O)O)cc1Br)c1cccs1. The van der Waals surface area contributed by atoms with Gasteiger partial charge in [-0.15, -0.1) is 11.3 Å². The third-order valence-corrected chi connectivity index (χ3v) is 5.34. The van der Waals surface area contributed by atoms with Crippen LogP contribution in [0.1, 0.15) is 34.6 Å². The summed E-state index contributed by atoms with van der Waals surface area (Å²) in [5.41, 5.74) is 1.44. The van der Waals surface area contributed by atoms with E-state index in [4.69, 9.17) is 5.11 Å². The molecule has 0 aliphatic carbocycles. The fraction of sp³-hybridized carbons (Fsp3) is 0.312. The zero-order valence-electron chi connectivity index (χ0n) is 12.0. The summed E-state index contributed by atoms with van der Waals surface area (Å²) in [5.74, 6) is -0.908. The molecule has 2 rings (SSSR count). The summed E-state index contributed by atoms with van der Waals surface area (Å²) in [4.78, 5) is 12.3. The second kappa shape index (κ2) is 6.73. The van der Waals surface area contributed by atoms with Gasteiger partial charge in [-0.3, -0.25) is 0 Å². The molecule has 0 saturated carbocycles. The van der Waals surface area contributed by atoms with E-state index in [1.165, 1.54) is 4.88 Å². The minimum Gasteiger partial charge on any atom is -0.478 e. The molecule has 5 heteroatoms. The predicted octanol–water partition coefficient (Wildman–Crippen LogP) is 4.28. The van der Waals surface area contributed by atoms with Crippen LogP contribution in [0, 0.1) is 0 Å². The quantitative estimate of drug-likeness (QED) is 0.800. The average molecular weight is 368 g/mol. The molecule has 0 saturated heterocycles. The molecule has 1 heterocycles. The van der Waals surface area contributed by atoms with Gasteiger partial charge in [0, 0.05) is 27.9 Å². The molecule has 0 bridgehead atoms. The molecule has 0 amide bonds. The fourth-order valence-corrected chi connectivity index (χ4v) is 3.46. The first kappa shape index (κ1) is 16.2. The summed E-state index contributed by atoms with van der Waals surface area (Å²) >= 11 is 5.20. The molecule has 0 fully saturated rings. The van der Waals surface area contributed by atoms with Gasteiger partial charge in [0.2, 0.25) is 0 Å². The number of halogens is 1. The van der Waals surface area contributed by atoms with Crippen LogP contribution < -0.4 is 5.32 Å². The van der Waals surface area contributed by atoms with Crippen LogP contribution in [0.25, 0.3) is 0 Å². The predicted molar refractivity (Wildman–Crippen MR) is 90.2 cm³/mol. The highest BCUT2D eigenvalue weighted by Gasteiger charge is 2.21. The number of benzene rings is 1. The summed E-state index contributed by atoms with van der Waals surface area (Å²) in [6.45, 7) is 6.00. The van der Waals surface area contributed by atoms with Gasteiger partial charge in [0.05, 0.1) is 5.56 Å². The molecule has 0 unspecified atom stereocenters. The molecule has 1 aromatic carbocycles. The van der Waals surface area contributed by atoms with E-state index in [1.807, 2.05) is 6.07 Å². The first-order chi connectivity index (χ1) is 9.90. The maximum Gasteiger partial charge on any atom is 0.335 e. The standard InChI is InChI=1S/C16H18BrNO2S/c1-16(2,14-4-3-7-21-14)10-18-9-12-6-5-11(15(19)20)8-13(12)17/h3-8,18H,9-10H2,1-2H3,(H,19,20). The molecule has 112 valence electrons. The lowest BCUT2D eigenvalue weighted by Gasteiger charge is -2.24. The van der Waals surface area contributed by atoms with Crippen molar-refractivity contribution in [3.8, 4) is 0 Å². The van der Waals surface area contributed by atoms with Crippen LogP contribution in [0.3, 0.4) is 0 Å². The summed E-state index contributed by atoms with van der Waals surface area (Å²) in [6, 6.07) is 9.35. The number of rotatable bonds is 6. The monoisotopic (exact) mass is 367 g/mol. The first-order valence-electron chi connectivity index (χ1n) is 6.66. The molecule has 0 aliphatic rings. The third-order valence-electron chi connectivity index (χ3n) is 3.37. The Morgan fingerprint density at radius 2 is 2.14 bits per heavy atom. The molecule has 1 aromatic heterocycles. The van der Waals surface area contributed by atoms with Gasteiger partial charge in [0.25, 0.3) is 0 Å². The van der Waals surface area contributed by atoms with Crippen molar-refractivity contribution < 1.29 is 9.90 Å². The Labute approximate surface area is 137 Å².